The first-order chi connectivity index (χ1) is 20.2. The van der Waals surface area contributed by atoms with Gasteiger partial charge in [-0.2, -0.15) is 0 Å². The van der Waals surface area contributed by atoms with Crippen LogP contribution in [0, 0.1) is 0 Å². The second kappa shape index (κ2) is 11.1. The number of pyridine rings is 1. The molecule has 0 aliphatic carbocycles. The fourth-order valence-electron chi connectivity index (χ4n) is 5.77. The maximum atomic E-state index is 13.0. The molecule has 10 nitrogen and oxygen atoms in total. The molecule has 2 saturated heterocycles. The molecule has 2 aliphatic heterocycles. The van der Waals surface area contributed by atoms with E-state index in [2.05, 4.69) is 52.3 Å². The van der Waals surface area contributed by atoms with Crippen LogP contribution < -0.4 is 5.32 Å². The third-order valence-electron chi connectivity index (χ3n) is 7.97. The fraction of sp³-hybridized carbons (Fsp3) is 0.290. The van der Waals surface area contributed by atoms with E-state index in [1.807, 2.05) is 47.8 Å². The van der Waals surface area contributed by atoms with Crippen LogP contribution in [-0.4, -0.2) is 58.8 Å². The van der Waals surface area contributed by atoms with Crippen molar-refractivity contribution in [3.8, 4) is 33.9 Å². The molecule has 5 aromatic rings. The Kier molecular flexibility index (Phi) is 6.81. The summed E-state index contributed by atoms with van der Waals surface area (Å²) in [6.45, 7) is 1.78. The molecule has 0 unspecified atom stereocenters. The van der Waals surface area contributed by atoms with Crippen molar-refractivity contribution in [3.63, 3.8) is 0 Å². The number of H-pyrrole nitrogens is 2. The highest BCUT2D eigenvalue weighted by Crippen LogP contribution is 2.32. The molecule has 2 atom stereocenters. The maximum absolute atomic E-state index is 13.0. The summed E-state index contributed by atoms with van der Waals surface area (Å²) in [6.07, 6.45) is 15.3. The topological polar surface area (TPSA) is 128 Å². The Morgan fingerprint density at radius 2 is 1.56 bits per heavy atom. The van der Waals surface area contributed by atoms with E-state index < -0.39 is 0 Å². The summed E-state index contributed by atoms with van der Waals surface area (Å²) in [5, 5.41) is 3.48. The van der Waals surface area contributed by atoms with Crippen LogP contribution in [-0.2, 0) is 11.2 Å². The Labute approximate surface area is 237 Å². The van der Waals surface area contributed by atoms with Crippen LogP contribution in [0.15, 0.2) is 73.6 Å². The number of imidazole rings is 2. The second-order valence-corrected chi connectivity index (χ2v) is 10.7. The number of amides is 1. The number of nitrogens with zero attached hydrogens (tertiary/aromatic N) is 6. The van der Waals surface area contributed by atoms with Crippen molar-refractivity contribution in [1.29, 1.82) is 0 Å². The van der Waals surface area contributed by atoms with Crippen LogP contribution in [0.5, 0.6) is 0 Å². The molecule has 3 N–H and O–H groups in total. The predicted molar refractivity (Wildman–Crippen MR) is 154 cm³/mol. The molecule has 0 bridgehead atoms. The Hall–Kier alpha value is -4.70. The van der Waals surface area contributed by atoms with E-state index in [4.69, 9.17) is 0 Å². The van der Waals surface area contributed by atoms with E-state index >= 15 is 0 Å². The first-order valence-electron chi connectivity index (χ1n) is 14.2. The Morgan fingerprint density at radius 1 is 0.805 bits per heavy atom. The van der Waals surface area contributed by atoms with E-state index in [0.29, 0.717) is 18.3 Å². The highest BCUT2D eigenvalue weighted by atomic mass is 16.2. The lowest BCUT2D eigenvalue weighted by atomic mass is 10.1. The molecule has 6 heterocycles. The Bertz CT molecular complexity index is 1620. The lowest BCUT2D eigenvalue weighted by molar-refractivity contribution is -0.131. The highest BCUT2D eigenvalue weighted by molar-refractivity contribution is 5.79. The zero-order valence-electron chi connectivity index (χ0n) is 22.6. The molecule has 1 aromatic carbocycles. The highest BCUT2D eigenvalue weighted by Gasteiger charge is 2.32. The van der Waals surface area contributed by atoms with Crippen LogP contribution in [0.1, 0.15) is 55.0 Å². The average Bonchev–Trinajstić information content (AvgIpc) is 3.84. The summed E-state index contributed by atoms with van der Waals surface area (Å²) in [5.74, 6) is 2.54. The van der Waals surface area contributed by atoms with Crippen molar-refractivity contribution in [3.05, 3.63) is 90.8 Å². The van der Waals surface area contributed by atoms with Crippen molar-refractivity contribution in [1.82, 2.24) is 45.1 Å². The number of hydrogen-bond acceptors (Lipinski definition) is 7. The van der Waals surface area contributed by atoms with Crippen LogP contribution >= 0.6 is 0 Å². The van der Waals surface area contributed by atoms with Crippen molar-refractivity contribution in [2.45, 2.75) is 44.2 Å². The molecule has 0 saturated carbocycles. The van der Waals surface area contributed by atoms with Gasteiger partial charge < -0.3 is 20.2 Å². The first kappa shape index (κ1) is 25.3. The molecule has 2 aliphatic rings. The van der Waals surface area contributed by atoms with Gasteiger partial charge in [-0.15, -0.1) is 0 Å². The lowest BCUT2D eigenvalue weighted by Crippen LogP contribution is -2.32. The van der Waals surface area contributed by atoms with Gasteiger partial charge in [-0.05, 0) is 49.4 Å². The number of nitrogens with one attached hydrogen (secondary N) is 3. The predicted octanol–water partition coefficient (Wildman–Crippen LogP) is 4.65. The van der Waals surface area contributed by atoms with Crippen LogP contribution in [0.25, 0.3) is 33.9 Å². The molecule has 206 valence electrons. The minimum Gasteiger partial charge on any atom is -0.341 e. The Morgan fingerprint density at radius 3 is 2.32 bits per heavy atom. The summed E-state index contributed by atoms with van der Waals surface area (Å²) in [6, 6.07) is 12.2. The number of carbonyl (C=O) groups excluding carboxylic acids is 1. The summed E-state index contributed by atoms with van der Waals surface area (Å²) >= 11 is 0. The zero-order valence-corrected chi connectivity index (χ0v) is 22.6. The number of rotatable bonds is 7. The number of hydrogen-bond donors (Lipinski definition) is 3. The largest absolute Gasteiger partial charge is 0.341 e. The first-order valence-corrected chi connectivity index (χ1v) is 14.2. The maximum Gasteiger partial charge on any atom is 0.227 e. The number of aromatic nitrogens is 7. The third kappa shape index (κ3) is 5.26. The molecule has 0 spiro atoms. The molecule has 2 fully saturated rings. The van der Waals surface area contributed by atoms with Crippen LogP contribution in [0.2, 0.25) is 0 Å². The number of carbonyl (C=O) groups is 1. The van der Waals surface area contributed by atoms with Gasteiger partial charge in [0.25, 0.3) is 0 Å². The monoisotopic (exact) mass is 545 g/mol. The van der Waals surface area contributed by atoms with E-state index in [1.54, 1.807) is 18.6 Å². The number of likely N-dealkylation sites (tertiary alicyclic amines) is 1. The van der Waals surface area contributed by atoms with Crippen molar-refractivity contribution >= 4 is 5.91 Å². The quantitative estimate of drug-likeness (QED) is 0.272. The van der Waals surface area contributed by atoms with Crippen molar-refractivity contribution < 1.29 is 4.79 Å². The van der Waals surface area contributed by atoms with E-state index in [-0.39, 0.29) is 11.9 Å². The summed E-state index contributed by atoms with van der Waals surface area (Å²) < 4.78 is 0. The molecule has 41 heavy (non-hydrogen) atoms. The molecular formula is C31H31N9O. The minimum atomic E-state index is -0.0630. The van der Waals surface area contributed by atoms with Gasteiger partial charge in [-0.25, -0.2) is 19.9 Å². The van der Waals surface area contributed by atoms with Gasteiger partial charge in [0.2, 0.25) is 5.91 Å². The summed E-state index contributed by atoms with van der Waals surface area (Å²) in [4.78, 5) is 44.4. The normalized spacial score (nSPS) is 18.7. The average molecular weight is 546 g/mol. The molecule has 1 amide bonds. The molecule has 0 radical (unpaired) electrons. The molecule has 4 aromatic heterocycles. The van der Waals surface area contributed by atoms with Crippen molar-refractivity contribution in [2.24, 2.45) is 0 Å². The van der Waals surface area contributed by atoms with Gasteiger partial charge in [0.05, 0.1) is 42.3 Å². The van der Waals surface area contributed by atoms with Crippen LogP contribution in [0.4, 0.5) is 0 Å². The number of aromatic amines is 2. The van der Waals surface area contributed by atoms with Gasteiger partial charge in [-0.1, -0.05) is 30.3 Å². The van der Waals surface area contributed by atoms with Gasteiger partial charge in [-0.3, -0.25) is 9.78 Å². The summed E-state index contributed by atoms with van der Waals surface area (Å²) in [7, 11) is 0. The van der Waals surface area contributed by atoms with Gasteiger partial charge in [0, 0.05) is 42.5 Å². The van der Waals surface area contributed by atoms with E-state index in [9.17, 15) is 4.79 Å². The van der Waals surface area contributed by atoms with E-state index in [1.165, 1.54) is 6.42 Å². The zero-order chi connectivity index (χ0) is 27.6. The van der Waals surface area contributed by atoms with Gasteiger partial charge >= 0.3 is 0 Å². The SMILES string of the molecule is O=C(Cc1cccnc1)N1CCC[C@H]1c1ncc(-c2cnc(-c3ccc(-c4cnc([C@@H]5CCCN5)[nH]4)cc3)nc2)[nH]1. The second-order valence-electron chi connectivity index (χ2n) is 10.7. The summed E-state index contributed by atoms with van der Waals surface area (Å²) in [5.41, 5.74) is 5.62. The molecule has 10 heteroatoms. The van der Waals surface area contributed by atoms with E-state index in [0.717, 1.165) is 77.6 Å². The molecular weight excluding hydrogens is 514 g/mol. The minimum absolute atomic E-state index is 0.0630. The standard InChI is InChI=1S/C31H31N9O/c41-28(14-20-4-1-11-32-15-20)40-13-3-6-27(40)31-37-19-26(39-31)23-16-34-29(35-17-23)22-9-7-21(8-10-22)25-18-36-30(38-25)24-5-2-12-33-24/h1,4,7-11,15-19,24,27,33H,2-3,5-6,12-14H2,(H,36,38)(H,37,39)/t24-,27-/m0/s1. The van der Waals surface area contributed by atoms with Crippen LogP contribution in [0.3, 0.4) is 0 Å². The van der Waals surface area contributed by atoms with Gasteiger partial charge in [0.1, 0.15) is 11.6 Å². The lowest BCUT2D eigenvalue weighted by Gasteiger charge is -2.23. The fourth-order valence-corrected chi connectivity index (χ4v) is 5.77. The third-order valence-corrected chi connectivity index (χ3v) is 7.97. The van der Waals surface area contributed by atoms with Gasteiger partial charge in [0.15, 0.2) is 5.82 Å². The number of benzene rings is 1. The molecule has 7 rings (SSSR count). The smallest absolute Gasteiger partial charge is 0.227 e. The Balaban J connectivity index is 1.02. The van der Waals surface area contributed by atoms with Crippen molar-refractivity contribution in [2.75, 3.05) is 13.1 Å².